The van der Waals surface area contributed by atoms with Crippen molar-refractivity contribution in [1.82, 2.24) is 0 Å². The highest BCUT2D eigenvalue weighted by atomic mass is 19.1. The van der Waals surface area contributed by atoms with E-state index in [0.717, 1.165) is 0 Å². The lowest BCUT2D eigenvalue weighted by atomic mass is 10.1. The number of ether oxygens (including phenoxy) is 3. The smallest absolute Gasteiger partial charge is 0.321 e. The Hall–Kier alpha value is -3.59. The van der Waals surface area contributed by atoms with Gasteiger partial charge in [0, 0.05) is 24.6 Å². The Balaban J connectivity index is 1.71. The lowest BCUT2D eigenvalue weighted by Gasteiger charge is -2.14. The van der Waals surface area contributed by atoms with E-state index in [-0.39, 0.29) is 17.6 Å². The zero-order valence-electron chi connectivity index (χ0n) is 18.0. The van der Waals surface area contributed by atoms with Crippen LogP contribution < -0.4 is 31.5 Å². The molecule has 0 aliphatic heterocycles. The molecule has 32 heavy (non-hydrogen) atoms. The molecule has 0 spiro atoms. The number of methoxy groups -OCH3 is 2. The number of esters is 1. The van der Waals surface area contributed by atoms with E-state index in [1.807, 2.05) is 0 Å². The van der Waals surface area contributed by atoms with Crippen LogP contribution in [0.4, 0.5) is 15.8 Å². The quantitative estimate of drug-likeness (QED) is 0.304. The second-order valence-electron chi connectivity index (χ2n) is 7.42. The zero-order chi connectivity index (χ0) is 23.3. The Labute approximate surface area is 184 Å². The number of amides is 1. The van der Waals surface area contributed by atoms with E-state index in [4.69, 9.17) is 19.9 Å². The van der Waals surface area contributed by atoms with Crippen LogP contribution in [-0.2, 0) is 19.1 Å². The van der Waals surface area contributed by atoms with Gasteiger partial charge in [-0.25, -0.2) is 4.39 Å². The maximum Gasteiger partial charge on any atom is 0.321 e. The number of carbonyl (C=O) groups is 2. The van der Waals surface area contributed by atoms with Crippen molar-refractivity contribution in [3.63, 3.8) is 0 Å². The minimum atomic E-state index is -1.09. The minimum absolute atomic E-state index is 0.0790. The van der Waals surface area contributed by atoms with Gasteiger partial charge in [0.25, 0.3) is 0 Å². The molecule has 0 radical (unpaired) electrons. The van der Waals surface area contributed by atoms with Gasteiger partial charge in [-0.3, -0.25) is 9.59 Å². The summed E-state index contributed by atoms with van der Waals surface area (Å²) in [5.41, 5.74) is 6.07. The van der Waals surface area contributed by atoms with E-state index in [1.165, 1.54) is 13.2 Å². The second kappa shape index (κ2) is 9.69. The molecule has 0 heterocycles. The number of rotatable bonds is 9. The molecule has 0 atom stereocenters. The summed E-state index contributed by atoms with van der Waals surface area (Å²) in [5.74, 6) is -1.09. The third-order valence-electron chi connectivity index (χ3n) is 5.15. The van der Waals surface area contributed by atoms with Gasteiger partial charge in [0.1, 0.15) is 29.4 Å². The van der Waals surface area contributed by atoms with Crippen molar-refractivity contribution in [1.29, 1.82) is 0 Å². The lowest BCUT2D eigenvalue weighted by molar-refractivity contribution is -0.150. The number of carbonyl (C=O) groups excluding carboxylic acids is 2. The van der Waals surface area contributed by atoms with E-state index < -0.39 is 23.1 Å². The van der Waals surface area contributed by atoms with Crippen LogP contribution >= 0.6 is 0 Å². The Morgan fingerprint density at radius 3 is 2.25 bits per heavy atom. The molecule has 9 heteroatoms. The second-order valence-corrected chi connectivity index (χ2v) is 7.42. The van der Waals surface area contributed by atoms with Gasteiger partial charge in [-0.1, -0.05) is 6.58 Å². The van der Waals surface area contributed by atoms with Crippen LogP contribution in [0.2, 0.25) is 0 Å². The van der Waals surface area contributed by atoms with Gasteiger partial charge in [-0.2, -0.15) is 0 Å². The summed E-state index contributed by atoms with van der Waals surface area (Å²) >= 11 is 0. The molecular formula is C23H26FN3O5. The van der Waals surface area contributed by atoms with Crippen molar-refractivity contribution < 1.29 is 28.2 Å². The average molecular weight is 443 g/mol. The number of benzene rings is 2. The Morgan fingerprint density at radius 1 is 1.09 bits per heavy atom. The Kier molecular flexibility index (Phi) is 6.99. The van der Waals surface area contributed by atoms with Gasteiger partial charge < -0.3 is 30.6 Å². The predicted octanol–water partition coefficient (Wildman–Crippen LogP) is 1.29. The summed E-state index contributed by atoms with van der Waals surface area (Å²) < 4.78 is 29.7. The first-order valence-electron chi connectivity index (χ1n) is 9.97. The van der Waals surface area contributed by atoms with Crippen molar-refractivity contribution in [2.24, 2.45) is 11.1 Å². The van der Waals surface area contributed by atoms with E-state index in [2.05, 4.69) is 17.2 Å². The monoisotopic (exact) mass is 443 g/mol. The summed E-state index contributed by atoms with van der Waals surface area (Å²) in [7, 11) is 2.81. The number of halogens is 1. The van der Waals surface area contributed by atoms with E-state index in [0.29, 0.717) is 41.8 Å². The number of nitrogens with two attached hydrogens (primary N) is 1. The number of nitrogens with one attached hydrogen (secondary N) is 2. The van der Waals surface area contributed by atoms with Crippen LogP contribution in [0.3, 0.4) is 0 Å². The van der Waals surface area contributed by atoms with Crippen LogP contribution in [0.15, 0.2) is 36.4 Å². The van der Waals surface area contributed by atoms with Crippen molar-refractivity contribution >= 4 is 35.7 Å². The van der Waals surface area contributed by atoms with Crippen LogP contribution in [0.5, 0.6) is 5.75 Å². The fourth-order valence-electron chi connectivity index (χ4n) is 3.21. The normalized spacial score (nSPS) is 14.8. The molecule has 0 saturated heterocycles. The van der Waals surface area contributed by atoms with Crippen LogP contribution in [0.25, 0.3) is 12.4 Å². The molecule has 1 saturated carbocycles. The van der Waals surface area contributed by atoms with Crippen LogP contribution in [0, 0.1) is 11.2 Å². The molecule has 0 bridgehead atoms. The molecular weight excluding hydrogens is 417 g/mol. The molecule has 1 aliphatic rings. The van der Waals surface area contributed by atoms with Gasteiger partial charge >= 0.3 is 5.97 Å². The molecule has 1 amide bonds. The molecule has 2 aromatic carbocycles. The fraction of sp³-hybridized carbons (Fsp3) is 0.304. The van der Waals surface area contributed by atoms with Crippen molar-refractivity contribution in [3.8, 4) is 5.75 Å². The van der Waals surface area contributed by atoms with E-state index in [9.17, 15) is 14.0 Å². The molecule has 4 N–H and O–H groups in total. The first-order chi connectivity index (χ1) is 15.3. The fourth-order valence-corrected chi connectivity index (χ4v) is 3.21. The molecule has 1 fully saturated rings. The van der Waals surface area contributed by atoms with Crippen molar-refractivity contribution in [2.75, 3.05) is 38.1 Å². The van der Waals surface area contributed by atoms with Gasteiger partial charge in [0.2, 0.25) is 5.91 Å². The first-order valence-corrected chi connectivity index (χ1v) is 9.97. The standard InChI is InChI=1S/C23H26FN3O5/c1-14-12-17(32-11-10-30-2)13-18(24)19(14)20(25)26-15-4-6-16(7-5-15)27-21(28)23(8-9-23)22(29)31-3/h4-7,12-13,26H,1,8-11,25H2,2-3H3,(H,27,28)/b20-19-. The molecule has 3 rings (SSSR count). The third-order valence-corrected chi connectivity index (χ3v) is 5.15. The number of anilines is 2. The number of hydrogen-bond acceptors (Lipinski definition) is 7. The summed E-state index contributed by atoms with van der Waals surface area (Å²) in [6.07, 6.45) is 0.928. The van der Waals surface area contributed by atoms with Crippen LogP contribution in [0.1, 0.15) is 12.8 Å². The summed E-state index contributed by atoms with van der Waals surface area (Å²) in [6.45, 7) is 4.52. The highest BCUT2D eigenvalue weighted by Crippen LogP contribution is 2.47. The summed E-state index contributed by atoms with van der Waals surface area (Å²) in [4.78, 5) is 24.2. The maximum absolute atomic E-state index is 14.6. The van der Waals surface area contributed by atoms with Crippen LogP contribution in [-0.4, -0.2) is 39.3 Å². The van der Waals surface area contributed by atoms with Gasteiger partial charge in [-0.05, 0) is 48.4 Å². The van der Waals surface area contributed by atoms with Gasteiger partial charge in [-0.15, -0.1) is 0 Å². The molecule has 8 nitrogen and oxygen atoms in total. The lowest BCUT2D eigenvalue weighted by Crippen LogP contribution is -2.35. The number of hydrogen-bond donors (Lipinski definition) is 3. The molecule has 1 aliphatic carbocycles. The molecule has 0 unspecified atom stereocenters. The maximum atomic E-state index is 14.6. The van der Waals surface area contributed by atoms with E-state index >= 15 is 0 Å². The van der Waals surface area contributed by atoms with Gasteiger partial charge in [0.15, 0.2) is 0 Å². The molecule has 0 aromatic heterocycles. The van der Waals surface area contributed by atoms with Crippen molar-refractivity contribution in [3.05, 3.63) is 52.7 Å². The highest BCUT2D eigenvalue weighted by molar-refractivity contribution is 6.11. The predicted molar refractivity (Wildman–Crippen MR) is 119 cm³/mol. The highest BCUT2D eigenvalue weighted by Gasteiger charge is 2.57. The SMILES string of the molecule is C=c1cc(OCCOC)cc(F)/c1=C(/N)Nc1ccc(NC(=O)C2(C(=O)OC)CC2)cc1. The average Bonchev–Trinajstić information content (AvgIpc) is 3.56. The Morgan fingerprint density at radius 2 is 1.72 bits per heavy atom. The zero-order valence-corrected chi connectivity index (χ0v) is 18.0. The third kappa shape index (κ3) is 5.00. The van der Waals surface area contributed by atoms with Gasteiger partial charge in [0.05, 0.1) is 18.9 Å². The minimum Gasteiger partial charge on any atom is -0.491 e. The summed E-state index contributed by atoms with van der Waals surface area (Å²) in [6, 6.07) is 9.47. The van der Waals surface area contributed by atoms with E-state index in [1.54, 1.807) is 37.4 Å². The first kappa shape index (κ1) is 23.1. The topological polar surface area (TPSA) is 112 Å². The Bertz CT molecular complexity index is 1110. The molecule has 2 aromatic rings. The molecule has 170 valence electrons. The summed E-state index contributed by atoms with van der Waals surface area (Å²) in [5, 5.41) is 6.15. The van der Waals surface area contributed by atoms with Crippen molar-refractivity contribution in [2.45, 2.75) is 12.8 Å². The largest absolute Gasteiger partial charge is 0.491 e.